The number of nitrogens with zero attached hydrogens (tertiary/aromatic N) is 3. The second-order valence-electron chi connectivity index (χ2n) is 7.73. The maximum absolute atomic E-state index is 13.6. The van der Waals surface area contributed by atoms with Crippen molar-refractivity contribution >= 4 is 35.1 Å². The fourth-order valence-corrected chi connectivity index (χ4v) is 4.01. The molecule has 4 rings (SSSR count). The lowest BCUT2D eigenvalue weighted by molar-refractivity contribution is -0.125. The first kappa shape index (κ1) is 21.5. The fourth-order valence-electron chi connectivity index (χ4n) is 3.39. The van der Waals surface area contributed by atoms with E-state index in [1.807, 2.05) is 6.07 Å². The number of benzene rings is 1. The third kappa shape index (κ3) is 5.90. The molecule has 1 aromatic heterocycles. The quantitative estimate of drug-likeness (QED) is 0.635. The molecule has 0 spiro atoms. The average Bonchev–Trinajstić information content (AvgIpc) is 3.59. The van der Waals surface area contributed by atoms with Gasteiger partial charge in [-0.2, -0.15) is 0 Å². The SMILES string of the molecule is O=C(CSc1ccc(N2CCC(C(=O)NC3CC3)CC2)nn1)Nc1ccc(F)cc1F. The first-order valence-corrected chi connectivity index (χ1v) is 11.2. The van der Waals surface area contributed by atoms with Gasteiger partial charge in [-0.05, 0) is 49.9 Å². The molecular formula is C21H23F2N5O2S. The molecule has 1 saturated heterocycles. The van der Waals surface area contributed by atoms with Crippen LogP contribution in [-0.4, -0.2) is 46.9 Å². The number of rotatable bonds is 7. The van der Waals surface area contributed by atoms with E-state index in [9.17, 15) is 18.4 Å². The molecule has 31 heavy (non-hydrogen) atoms. The zero-order valence-electron chi connectivity index (χ0n) is 16.8. The molecule has 1 aliphatic carbocycles. The Labute approximate surface area is 183 Å². The average molecular weight is 448 g/mol. The van der Waals surface area contributed by atoms with Crippen molar-refractivity contribution in [1.82, 2.24) is 15.5 Å². The number of carbonyl (C=O) groups excluding carboxylic acids is 2. The largest absolute Gasteiger partial charge is 0.355 e. The van der Waals surface area contributed by atoms with Gasteiger partial charge >= 0.3 is 0 Å². The number of amides is 2. The summed E-state index contributed by atoms with van der Waals surface area (Å²) in [4.78, 5) is 26.3. The number of aromatic nitrogens is 2. The Kier molecular flexibility index (Phi) is 6.64. The zero-order chi connectivity index (χ0) is 21.8. The molecule has 2 fully saturated rings. The van der Waals surface area contributed by atoms with Gasteiger partial charge in [-0.15, -0.1) is 10.2 Å². The van der Waals surface area contributed by atoms with Crippen LogP contribution in [0.3, 0.4) is 0 Å². The van der Waals surface area contributed by atoms with E-state index in [1.54, 1.807) is 6.07 Å². The predicted molar refractivity (Wildman–Crippen MR) is 114 cm³/mol. The van der Waals surface area contributed by atoms with Crippen molar-refractivity contribution in [2.45, 2.75) is 36.8 Å². The number of hydrogen-bond acceptors (Lipinski definition) is 6. The first-order valence-electron chi connectivity index (χ1n) is 10.2. The third-order valence-corrected chi connectivity index (χ3v) is 6.22. The van der Waals surface area contributed by atoms with E-state index in [-0.39, 0.29) is 23.3 Å². The number of anilines is 2. The minimum Gasteiger partial charge on any atom is -0.355 e. The van der Waals surface area contributed by atoms with Crippen molar-refractivity contribution in [2.24, 2.45) is 5.92 Å². The molecule has 2 aliphatic rings. The van der Waals surface area contributed by atoms with Crippen LogP contribution in [-0.2, 0) is 9.59 Å². The van der Waals surface area contributed by atoms with Crippen molar-refractivity contribution < 1.29 is 18.4 Å². The molecule has 164 valence electrons. The Morgan fingerprint density at radius 2 is 1.84 bits per heavy atom. The van der Waals surface area contributed by atoms with Gasteiger partial charge in [-0.3, -0.25) is 9.59 Å². The Balaban J connectivity index is 1.23. The molecule has 7 nitrogen and oxygen atoms in total. The lowest BCUT2D eigenvalue weighted by Crippen LogP contribution is -2.41. The van der Waals surface area contributed by atoms with Crippen molar-refractivity contribution in [2.75, 3.05) is 29.1 Å². The van der Waals surface area contributed by atoms with Crippen LogP contribution in [0.2, 0.25) is 0 Å². The van der Waals surface area contributed by atoms with Crippen molar-refractivity contribution in [3.8, 4) is 0 Å². The van der Waals surface area contributed by atoms with Crippen LogP contribution in [0.15, 0.2) is 35.4 Å². The highest BCUT2D eigenvalue weighted by molar-refractivity contribution is 7.99. The minimum atomic E-state index is -0.823. The second-order valence-corrected chi connectivity index (χ2v) is 8.73. The van der Waals surface area contributed by atoms with Crippen molar-refractivity contribution in [3.63, 3.8) is 0 Å². The molecule has 10 heteroatoms. The first-order chi connectivity index (χ1) is 15.0. The van der Waals surface area contributed by atoms with Gasteiger partial charge in [0.2, 0.25) is 11.8 Å². The highest BCUT2D eigenvalue weighted by Gasteiger charge is 2.30. The molecule has 1 aromatic carbocycles. The molecule has 0 radical (unpaired) electrons. The Morgan fingerprint density at radius 1 is 1.06 bits per heavy atom. The van der Waals surface area contributed by atoms with Crippen molar-refractivity contribution in [3.05, 3.63) is 42.0 Å². The summed E-state index contributed by atoms with van der Waals surface area (Å²) in [5.41, 5.74) is -0.0670. The van der Waals surface area contributed by atoms with Gasteiger partial charge < -0.3 is 15.5 Å². The molecule has 0 atom stereocenters. The smallest absolute Gasteiger partial charge is 0.234 e. The molecule has 2 amide bonds. The Hall–Kier alpha value is -2.75. The summed E-state index contributed by atoms with van der Waals surface area (Å²) in [6.07, 6.45) is 3.76. The van der Waals surface area contributed by atoms with Gasteiger partial charge in [0.25, 0.3) is 0 Å². The summed E-state index contributed by atoms with van der Waals surface area (Å²) >= 11 is 1.17. The third-order valence-electron chi connectivity index (χ3n) is 5.30. The number of piperidine rings is 1. The summed E-state index contributed by atoms with van der Waals surface area (Å²) in [5, 5.41) is 14.4. The lowest BCUT2D eigenvalue weighted by Gasteiger charge is -2.31. The van der Waals surface area contributed by atoms with Gasteiger partial charge in [0.05, 0.1) is 11.4 Å². The molecule has 0 unspecified atom stereocenters. The van der Waals surface area contributed by atoms with E-state index >= 15 is 0 Å². The Morgan fingerprint density at radius 3 is 2.48 bits per heavy atom. The van der Waals surface area contributed by atoms with Gasteiger partial charge in [-0.25, -0.2) is 8.78 Å². The van der Waals surface area contributed by atoms with E-state index in [4.69, 9.17) is 0 Å². The monoisotopic (exact) mass is 447 g/mol. The molecule has 2 N–H and O–H groups in total. The molecular weight excluding hydrogens is 424 g/mol. The standard InChI is InChI=1S/C21H23F2N5O2S/c22-14-1-4-17(16(23)11-14)25-19(29)12-31-20-6-5-18(26-27-20)28-9-7-13(8-10-28)21(30)24-15-2-3-15/h1,4-6,11,13,15H,2-3,7-10,12H2,(H,24,30)(H,25,29). The molecule has 2 heterocycles. The second kappa shape index (κ2) is 9.59. The van der Waals surface area contributed by atoms with E-state index < -0.39 is 17.5 Å². The fraction of sp³-hybridized carbons (Fsp3) is 0.429. The molecule has 0 bridgehead atoms. The zero-order valence-corrected chi connectivity index (χ0v) is 17.6. The maximum Gasteiger partial charge on any atom is 0.234 e. The van der Waals surface area contributed by atoms with E-state index in [2.05, 4.69) is 25.7 Å². The normalized spacial score (nSPS) is 16.8. The summed E-state index contributed by atoms with van der Waals surface area (Å²) in [6.45, 7) is 1.49. The van der Waals surface area contributed by atoms with Crippen LogP contribution < -0.4 is 15.5 Å². The number of carbonyl (C=O) groups is 2. The van der Waals surface area contributed by atoms with Crippen LogP contribution in [0.4, 0.5) is 20.3 Å². The van der Waals surface area contributed by atoms with Crippen LogP contribution >= 0.6 is 11.8 Å². The predicted octanol–water partition coefficient (Wildman–Crippen LogP) is 2.98. The van der Waals surface area contributed by atoms with Gasteiger partial charge in [0.15, 0.2) is 5.82 Å². The van der Waals surface area contributed by atoms with Crippen LogP contribution in [0.25, 0.3) is 0 Å². The van der Waals surface area contributed by atoms with Crippen LogP contribution in [0.1, 0.15) is 25.7 Å². The van der Waals surface area contributed by atoms with Crippen LogP contribution in [0.5, 0.6) is 0 Å². The molecule has 2 aromatic rings. The highest BCUT2D eigenvalue weighted by atomic mass is 32.2. The number of halogens is 2. The Bertz CT molecular complexity index is 947. The molecule has 1 saturated carbocycles. The van der Waals surface area contributed by atoms with Crippen molar-refractivity contribution in [1.29, 1.82) is 0 Å². The van der Waals surface area contributed by atoms with Gasteiger partial charge in [0, 0.05) is 31.1 Å². The maximum atomic E-state index is 13.6. The van der Waals surface area contributed by atoms with E-state index in [0.717, 1.165) is 56.7 Å². The summed E-state index contributed by atoms with van der Waals surface area (Å²) < 4.78 is 26.5. The number of hydrogen-bond donors (Lipinski definition) is 2. The van der Waals surface area contributed by atoms with Gasteiger partial charge in [0.1, 0.15) is 16.7 Å². The molecule has 1 aliphatic heterocycles. The topological polar surface area (TPSA) is 87.2 Å². The van der Waals surface area contributed by atoms with Crippen LogP contribution in [0, 0.1) is 17.6 Å². The van der Waals surface area contributed by atoms with Gasteiger partial charge in [-0.1, -0.05) is 11.8 Å². The number of thioether (sulfide) groups is 1. The summed E-state index contributed by atoms with van der Waals surface area (Å²) in [7, 11) is 0. The highest BCUT2D eigenvalue weighted by Crippen LogP contribution is 2.25. The lowest BCUT2D eigenvalue weighted by atomic mass is 9.96. The summed E-state index contributed by atoms with van der Waals surface area (Å²) in [6, 6.07) is 6.99. The number of nitrogens with one attached hydrogen (secondary N) is 2. The van der Waals surface area contributed by atoms with E-state index in [1.165, 1.54) is 17.8 Å². The summed E-state index contributed by atoms with van der Waals surface area (Å²) in [5.74, 6) is -0.965. The van der Waals surface area contributed by atoms with E-state index in [0.29, 0.717) is 11.1 Å². The minimum absolute atomic E-state index is 0.0202.